The molecule has 0 aliphatic rings. The number of hydrogen-bond acceptors (Lipinski definition) is 7. The Morgan fingerprint density at radius 2 is 2.14 bits per heavy atom. The lowest BCUT2D eigenvalue weighted by molar-refractivity contribution is 0.143. The Hall–Kier alpha value is -3.40. The molecule has 4 aromatic heterocycles. The number of hydrogen-bond donors (Lipinski definition) is 2. The Morgan fingerprint density at radius 3 is 3.03 bits per heavy atom. The van der Waals surface area contributed by atoms with Crippen molar-refractivity contribution < 1.29 is 9.53 Å². The van der Waals surface area contributed by atoms with Crippen LogP contribution in [0, 0.1) is 0 Å². The molecular weight excluding hydrogens is 396 g/mol. The van der Waals surface area contributed by atoms with Gasteiger partial charge in [0.25, 0.3) is 0 Å². The van der Waals surface area contributed by atoms with Crippen LogP contribution in [0.3, 0.4) is 0 Å². The van der Waals surface area contributed by atoms with Crippen molar-refractivity contribution >= 4 is 40.3 Å². The summed E-state index contributed by atoms with van der Waals surface area (Å²) in [5.41, 5.74) is 8.73. The normalized spacial score (nSPS) is 11.2. The first-order valence-corrected chi connectivity index (χ1v) is 9.44. The Balaban J connectivity index is 1.19. The zero-order valence-electron chi connectivity index (χ0n) is 15.5. The molecule has 0 aliphatic carbocycles. The first-order chi connectivity index (χ1) is 14.1. The number of nitrogens with two attached hydrogens (primary N) is 1. The monoisotopic (exact) mass is 414 g/mol. The van der Waals surface area contributed by atoms with Gasteiger partial charge in [-0.3, -0.25) is 0 Å². The molecule has 10 nitrogen and oxygen atoms in total. The number of rotatable bonds is 7. The van der Waals surface area contributed by atoms with Gasteiger partial charge in [-0.05, 0) is 36.1 Å². The van der Waals surface area contributed by atoms with Crippen molar-refractivity contribution in [2.75, 3.05) is 12.3 Å². The summed E-state index contributed by atoms with van der Waals surface area (Å²) < 4.78 is 8.97. The lowest BCUT2D eigenvalue weighted by atomic mass is 10.3. The van der Waals surface area contributed by atoms with E-state index in [2.05, 4.69) is 25.3 Å². The third-order valence-corrected chi connectivity index (χ3v) is 4.55. The molecule has 4 rings (SSSR count). The van der Waals surface area contributed by atoms with E-state index in [9.17, 15) is 4.79 Å². The number of halogens is 1. The van der Waals surface area contributed by atoms with Crippen LogP contribution in [0.25, 0.3) is 16.8 Å². The maximum absolute atomic E-state index is 11.9. The molecule has 0 fully saturated rings. The maximum atomic E-state index is 11.9. The quantitative estimate of drug-likeness (QED) is 0.351. The van der Waals surface area contributed by atoms with Crippen molar-refractivity contribution in [2.24, 2.45) is 0 Å². The summed E-state index contributed by atoms with van der Waals surface area (Å²) in [4.78, 5) is 28.3. The van der Waals surface area contributed by atoms with Crippen molar-refractivity contribution in [3.63, 3.8) is 0 Å². The van der Waals surface area contributed by atoms with Crippen LogP contribution in [0.5, 0.6) is 0 Å². The highest BCUT2D eigenvalue weighted by molar-refractivity contribution is 6.28. The van der Waals surface area contributed by atoms with Gasteiger partial charge in [0.1, 0.15) is 11.2 Å². The van der Waals surface area contributed by atoms with Gasteiger partial charge in [-0.25, -0.2) is 14.8 Å². The number of amides is 1. The van der Waals surface area contributed by atoms with Crippen LogP contribution >= 0.6 is 11.6 Å². The molecule has 0 saturated heterocycles. The number of unbranched alkanes of at least 4 members (excludes halogenated alkanes) is 1. The highest BCUT2D eigenvalue weighted by Crippen LogP contribution is 2.18. The topological polar surface area (TPSA) is 125 Å². The number of anilines is 1. The summed E-state index contributed by atoms with van der Waals surface area (Å²) in [5, 5.41) is 2.83. The molecule has 3 N–H and O–H groups in total. The third-order valence-electron chi connectivity index (χ3n) is 4.38. The summed E-state index contributed by atoms with van der Waals surface area (Å²) in [5.74, 6) is 0.256. The molecule has 1 amide bonds. The number of nitrogen functional groups attached to an aromatic ring is 1. The van der Waals surface area contributed by atoms with Gasteiger partial charge in [0.2, 0.25) is 5.28 Å². The summed E-state index contributed by atoms with van der Waals surface area (Å²) in [6, 6.07) is 3.81. The number of alkyl carbamates (subject to hydrolysis) is 1. The minimum atomic E-state index is -0.448. The van der Waals surface area contributed by atoms with E-state index in [4.69, 9.17) is 22.1 Å². The number of carbonyl (C=O) groups excluding carboxylic acids is 1. The fourth-order valence-electron chi connectivity index (χ4n) is 2.95. The van der Waals surface area contributed by atoms with Gasteiger partial charge >= 0.3 is 6.09 Å². The van der Waals surface area contributed by atoms with Crippen LogP contribution in [0.2, 0.25) is 5.28 Å². The van der Waals surface area contributed by atoms with Gasteiger partial charge in [0.05, 0.1) is 12.9 Å². The van der Waals surface area contributed by atoms with Crippen LogP contribution in [0.15, 0.2) is 37.1 Å². The van der Waals surface area contributed by atoms with E-state index in [0.717, 1.165) is 17.6 Å². The molecule has 0 aliphatic heterocycles. The van der Waals surface area contributed by atoms with Crippen molar-refractivity contribution in [1.29, 1.82) is 0 Å². The number of aryl methyl sites for hydroxylation is 1. The number of nitrogens with one attached hydrogen (secondary N) is 1. The van der Waals surface area contributed by atoms with E-state index >= 15 is 0 Å². The lowest BCUT2D eigenvalue weighted by Crippen LogP contribution is -2.24. The highest BCUT2D eigenvalue weighted by Gasteiger charge is 2.10. The molecule has 0 atom stereocenters. The minimum Gasteiger partial charge on any atom is -0.450 e. The second kappa shape index (κ2) is 8.31. The minimum absolute atomic E-state index is 0.0870. The highest BCUT2D eigenvalue weighted by atomic mass is 35.5. The van der Waals surface area contributed by atoms with Gasteiger partial charge in [-0.15, -0.1) is 0 Å². The number of carbonyl (C=O) groups is 1. The van der Waals surface area contributed by atoms with Gasteiger partial charge in [0, 0.05) is 31.7 Å². The molecule has 150 valence electrons. The first kappa shape index (κ1) is 18.9. The summed E-state index contributed by atoms with van der Waals surface area (Å²) in [7, 11) is 0. The average molecular weight is 415 g/mol. The summed E-state index contributed by atoms with van der Waals surface area (Å²) in [6.45, 7) is 1.35. The molecule has 0 spiro atoms. The van der Waals surface area contributed by atoms with Crippen LogP contribution in [0.4, 0.5) is 10.6 Å². The Labute approximate surface area is 170 Å². The van der Waals surface area contributed by atoms with Crippen LogP contribution in [-0.4, -0.2) is 41.6 Å². The Kier molecular flexibility index (Phi) is 5.43. The average Bonchev–Trinajstić information content (AvgIpc) is 3.32. The van der Waals surface area contributed by atoms with Gasteiger partial charge in [-0.1, -0.05) is 6.07 Å². The second-order valence-corrected chi connectivity index (χ2v) is 6.75. The molecule has 4 aromatic rings. The van der Waals surface area contributed by atoms with Crippen LogP contribution < -0.4 is 11.1 Å². The van der Waals surface area contributed by atoms with Crippen molar-refractivity contribution in [2.45, 2.75) is 25.9 Å². The largest absolute Gasteiger partial charge is 0.450 e. The molecular formula is C18H19ClN8O2. The predicted molar refractivity (Wildman–Crippen MR) is 107 cm³/mol. The van der Waals surface area contributed by atoms with E-state index in [1.165, 1.54) is 0 Å². The molecule has 29 heavy (non-hydrogen) atoms. The van der Waals surface area contributed by atoms with E-state index in [1.807, 2.05) is 33.5 Å². The van der Waals surface area contributed by atoms with Gasteiger partial charge in [0.15, 0.2) is 11.5 Å². The van der Waals surface area contributed by atoms with E-state index < -0.39 is 6.09 Å². The molecule has 11 heteroatoms. The predicted octanol–water partition coefficient (Wildman–Crippen LogP) is 2.42. The molecule has 4 heterocycles. The maximum Gasteiger partial charge on any atom is 0.407 e. The first-order valence-electron chi connectivity index (χ1n) is 9.06. The standard InChI is InChI=1S/C18H19ClN8O2/c19-17-24-15(20)14-16(25-17)27(11-23-14)6-1-2-8-29-18(28)22-9-12-3-4-13-21-5-7-26(13)10-12/h3-5,7,10-11H,1-2,6,8-9H2,(H,22,28)(H2,20,24,25). The zero-order valence-corrected chi connectivity index (χ0v) is 16.2. The lowest BCUT2D eigenvalue weighted by Gasteiger charge is -2.08. The van der Waals surface area contributed by atoms with Crippen LogP contribution in [0.1, 0.15) is 18.4 Å². The van der Waals surface area contributed by atoms with Crippen molar-refractivity contribution in [1.82, 2.24) is 34.2 Å². The number of ether oxygens (including phenoxy) is 1. The fraction of sp³-hybridized carbons (Fsp3) is 0.278. The number of pyridine rings is 1. The SMILES string of the molecule is Nc1nc(Cl)nc2c1ncn2CCCCOC(=O)NCc1ccc2nccn2c1. The van der Waals surface area contributed by atoms with E-state index in [1.54, 1.807) is 12.5 Å². The Bertz CT molecular complexity index is 1160. The van der Waals surface area contributed by atoms with Crippen molar-refractivity contribution in [3.8, 4) is 0 Å². The Morgan fingerprint density at radius 1 is 1.24 bits per heavy atom. The number of fused-ring (bicyclic) bond motifs is 2. The number of aromatic nitrogens is 6. The number of imidazole rings is 2. The smallest absolute Gasteiger partial charge is 0.407 e. The fourth-order valence-corrected chi connectivity index (χ4v) is 3.12. The molecule has 0 bridgehead atoms. The summed E-state index contributed by atoms with van der Waals surface area (Å²) in [6.07, 6.45) is 8.17. The summed E-state index contributed by atoms with van der Waals surface area (Å²) >= 11 is 5.86. The van der Waals surface area contributed by atoms with Crippen molar-refractivity contribution in [3.05, 3.63) is 47.9 Å². The zero-order chi connectivity index (χ0) is 20.2. The molecule has 0 saturated carbocycles. The molecule has 0 aromatic carbocycles. The van der Waals surface area contributed by atoms with Gasteiger partial charge in [-0.2, -0.15) is 9.97 Å². The third kappa shape index (κ3) is 4.37. The number of nitrogens with zero attached hydrogens (tertiary/aromatic N) is 6. The van der Waals surface area contributed by atoms with E-state index in [-0.39, 0.29) is 11.1 Å². The van der Waals surface area contributed by atoms with Crippen LogP contribution in [-0.2, 0) is 17.8 Å². The second-order valence-electron chi connectivity index (χ2n) is 6.41. The molecule has 0 radical (unpaired) electrons. The van der Waals surface area contributed by atoms with E-state index in [0.29, 0.717) is 37.3 Å². The van der Waals surface area contributed by atoms with Gasteiger partial charge < -0.3 is 24.8 Å². The molecule has 0 unspecified atom stereocenters.